The van der Waals surface area contributed by atoms with E-state index in [1.807, 2.05) is 0 Å². The second kappa shape index (κ2) is 21.6. The summed E-state index contributed by atoms with van der Waals surface area (Å²) in [6.45, 7) is 5.94. The van der Waals surface area contributed by atoms with Crippen LogP contribution in [0.25, 0.3) is 0 Å². The molecule has 0 unspecified atom stereocenters. The molecular formula is C22H47O2PS2. The monoisotopic (exact) mass is 438 g/mol. The fraction of sp³-hybridized carbons (Fsp3) is 1.00. The van der Waals surface area contributed by atoms with E-state index in [1.54, 1.807) is 0 Å². The highest BCUT2D eigenvalue weighted by Crippen LogP contribution is 2.53. The normalized spacial score (nSPS) is 12.0. The van der Waals surface area contributed by atoms with Crippen molar-refractivity contribution in [3.8, 4) is 0 Å². The van der Waals surface area contributed by atoms with Crippen LogP contribution in [0.3, 0.4) is 0 Å². The Morgan fingerprint density at radius 1 is 0.519 bits per heavy atom. The molecular weight excluding hydrogens is 391 g/mol. The largest absolute Gasteiger partial charge is 0.322 e. The molecule has 0 bridgehead atoms. The average molecular weight is 439 g/mol. The maximum Gasteiger partial charge on any atom is 0.244 e. The number of hydrogen-bond donors (Lipinski definition) is 1. The Morgan fingerprint density at radius 2 is 0.778 bits per heavy atom. The Balaban J connectivity index is 3.32. The van der Waals surface area contributed by atoms with Crippen molar-refractivity contribution in [3.05, 3.63) is 0 Å². The molecule has 0 saturated heterocycles. The molecule has 0 spiro atoms. The molecule has 0 aromatic rings. The van der Waals surface area contributed by atoms with Gasteiger partial charge < -0.3 is 9.05 Å². The number of hydrogen-bond acceptors (Lipinski definition) is 3. The van der Waals surface area contributed by atoms with E-state index in [1.165, 1.54) is 103 Å². The van der Waals surface area contributed by atoms with Crippen molar-refractivity contribution >= 4 is 29.7 Å². The minimum Gasteiger partial charge on any atom is -0.322 e. The van der Waals surface area contributed by atoms with Gasteiger partial charge in [0.25, 0.3) is 0 Å². The van der Waals surface area contributed by atoms with E-state index in [0.717, 1.165) is 12.8 Å². The van der Waals surface area contributed by atoms with Gasteiger partial charge in [-0.3, -0.25) is 0 Å². The third-order valence-corrected chi connectivity index (χ3v) is 7.35. The Bertz CT molecular complexity index is 312. The lowest BCUT2D eigenvalue weighted by Gasteiger charge is -2.16. The van der Waals surface area contributed by atoms with Gasteiger partial charge in [-0.1, -0.05) is 129 Å². The van der Waals surface area contributed by atoms with Crippen LogP contribution in [0.2, 0.25) is 0 Å². The first-order valence-electron chi connectivity index (χ1n) is 11.7. The lowest BCUT2D eigenvalue weighted by Crippen LogP contribution is -1.96. The highest BCUT2D eigenvalue weighted by molar-refractivity contribution is 8.60. The van der Waals surface area contributed by atoms with Gasteiger partial charge in [0, 0.05) is 0 Å². The zero-order chi connectivity index (χ0) is 20.1. The van der Waals surface area contributed by atoms with Crippen LogP contribution < -0.4 is 0 Å². The standard InChI is InChI=1S/C22H47O2PS2/c1-3-5-7-9-11-13-15-17-19-21-23-25(26,27)24-22-20-18-16-14-12-10-8-6-4-2/h3-22H2,1-2H3,(H,26,27). The van der Waals surface area contributed by atoms with Crippen LogP contribution in [0.5, 0.6) is 0 Å². The smallest absolute Gasteiger partial charge is 0.244 e. The van der Waals surface area contributed by atoms with Crippen molar-refractivity contribution in [2.75, 3.05) is 13.2 Å². The summed E-state index contributed by atoms with van der Waals surface area (Å²) in [6, 6.07) is 0. The van der Waals surface area contributed by atoms with Crippen molar-refractivity contribution < 1.29 is 9.05 Å². The molecule has 0 aliphatic rings. The van der Waals surface area contributed by atoms with E-state index in [2.05, 4.69) is 26.1 Å². The van der Waals surface area contributed by atoms with Gasteiger partial charge in [0.1, 0.15) is 0 Å². The highest BCUT2D eigenvalue weighted by Gasteiger charge is 2.12. The predicted molar refractivity (Wildman–Crippen MR) is 130 cm³/mol. The highest BCUT2D eigenvalue weighted by atomic mass is 32.9. The SMILES string of the molecule is CCCCCCCCCCCOP(=S)(S)OCCCCCCCCCCC. The van der Waals surface area contributed by atoms with Crippen LogP contribution in [0.1, 0.15) is 129 Å². The molecule has 0 aliphatic heterocycles. The van der Waals surface area contributed by atoms with E-state index in [-0.39, 0.29) is 0 Å². The van der Waals surface area contributed by atoms with Crippen LogP contribution in [-0.2, 0) is 20.9 Å². The van der Waals surface area contributed by atoms with E-state index >= 15 is 0 Å². The summed E-state index contributed by atoms with van der Waals surface area (Å²) >= 11 is 9.84. The predicted octanol–water partition coefficient (Wildman–Crippen LogP) is 9.24. The first kappa shape index (κ1) is 27.9. The minimum absolute atomic E-state index is 0.703. The van der Waals surface area contributed by atoms with E-state index in [0.29, 0.717) is 13.2 Å². The first-order valence-corrected chi connectivity index (χ1v) is 15.5. The Labute approximate surface area is 181 Å². The van der Waals surface area contributed by atoms with Gasteiger partial charge in [0.05, 0.1) is 13.2 Å². The fourth-order valence-electron chi connectivity index (χ4n) is 3.22. The lowest BCUT2D eigenvalue weighted by molar-refractivity contribution is 0.250. The average Bonchev–Trinajstić information content (AvgIpc) is 2.64. The summed E-state index contributed by atoms with van der Waals surface area (Å²) in [5.74, 6) is 0. The number of rotatable bonds is 22. The van der Waals surface area contributed by atoms with Crippen LogP contribution >= 0.6 is 17.9 Å². The van der Waals surface area contributed by atoms with E-state index in [9.17, 15) is 0 Å². The maximum atomic E-state index is 5.74. The summed E-state index contributed by atoms with van der Waals surface area (Å²) < 4.78 is 11.5. The third-order valence-electron chi connectivity index (χ3n) is 5.00. The van der Waals surface area contributed by atoms with Crippen molar-refractivity contribution in [2.45, 2.75) is 129 Å². The first-order chi connectivity index (χ1) is 13.1. The summed E-state index contributed by atoms with van der Waals surface area (Å²) in [5.41, 5.74) is -2.31. The fourth-order valence-corrected chi connectivity index (χ4v) is 4.95. The quantitative estimate of drug-likeness (QED) is 0.103. The second-order valence-corrected chi connectivity index (χ2v) is 13.1. The summed E-state index contributed by atoms with van der Waals surface area (Å²) in [6.07, 6.45) is 23.7. The number of thiol groups is 1. The zero-order valence-electron chi connectivity index (χ0n) is 18.3. The molecule has 0 N–H and O–H groups in total. The molecule has 0 aromatic carbocycles. The minimum atomic E-state index is -2.31. The summed E-state index contributed by atoms with van der Waals surface area (Å²) in [4.78, 5) is 0. The zero-order valence-corrected chi connectivity index (χ0v) is 20.9. The maximum absolute atomic E-state index is 5.74. The second-order valence-electron chi connectivity index (χ2n) is 7.79. The third kappa shape index (κ3) is 23.1. The Hall–Kier alpha value is 0.920. The van der Waals surface area contributed by atoms with Gasteiger partial charge in [-0.25, -0.2) is 0 Å². The Kier molecular flexibility index (Phi) is 22.4. The summed E-state index contributed by atoms with van der Waals surface area (Å²) in [5, 5.41) is 0. The van der Waals surface area contributed by atoms with Crippen molar-refractivity contribution in [2.24, 2.45) is 0 Å². The lowest BCUT2D eigenvalue weighted by atomic mass is 10.1. The van der Waals surface area contributed by atoms with E-state index in [4.69, 9.17) is 20.9 Å². The van der Waals surface area contributed by atoms with Crippen molar-refractivity contribution in [1.29, 1.82) is 0 Å². The van der Waals surface area contributed by atoms with Gasteiger partial charge in [-0.2, -0.15) is 0 Å². The van der Waals surface area contributed by atoms with Crippen molar-refractivity contribution in [3.63, 3.8) is 0 Å². The van der Waals surface area contributed by atoms with Crippen LogP contribution in [0.15, 0.2) is 0 Å². The molecule has 0 aromatic heterocycles. The molecule has 27 heavy (non-hydrogen) atoms. The molecule has 2 nitrogen and oxygen atoms in total. The van der Waals surface area contributed by atoms with Gasteiger partial charge in [0.2, 0.25) is 5.69 Å². The van der Waals surface area contributed by atoms with Gasteiger partial charge in [-0.15, -0.1) is 0 Å². The molecule has 0 amide bonds. The van der Waals surface area contributed by atoms with Crippen molar-refractivity contribution in [1.82, 2.24) is 0 Å². The topological polar surface area (TPSA) is 18.5 Å². The van der Waals surface area contributed by atoms with Crippen LogP contribution in [0, 0.1) is 0 Å². The van der Waals surface area contributed by atoms with Gasteiger partial charge in [-0.05, 0) is 24.6 Å². The van der Waals surface area contributed by atoms with Crippen LogP contribution in [-0.4, -0.2) is 13.2 Å². The van der Waals surface area contributed by atoms with E-state index < -0.39 is 5.69 Å². The Morgan fingerprint density at radius 3 is 1.07 bits per heavy atom. The molecule has 5 heteroatoms. The van der Waals surface area contributed by atoms with Gasteiger partial charge in [0.15, 0.2) is 0 Å². The van der Waals surface area contributed by atoms with Gasteiger partial charge >= 0.3 is 0 Å². The molecule has 0 aliphatic carbocycles. The molecule has 164 valence electrons. The molecule has 0 rings (SSSR count). The molecule has 0 radical (unpaired) electrons. The molecule has 0 atom stereocenters. The number of unbranched alkanes of at least 4 members (excludes halogenated alkanes) is 16. The summed E-state index contributed by atoms with van der Waals surface area (Å²) in [7, 11) is 0. The molecule has 0 heterocycles. The van der Waals surface area contributed by atoms with Crippen LogP contribution in [0.4, 0.5) is 0 Å². The molecule has 0 saturated carbocycles. The molecule has 0 fully saturated rings.